The number of hydrogen-bond donors (Lipinski definition) is 4. The fraction of sp³-hybridized carbons (Fsp3) is 0.600. The SMILES string of the molecule is CCC(C)C(NC(=O)OC(C)(C)C)C(=O)NC(CC(OC(C)=O)c1nc(C(=O)NC(Cc2ccccc2)CC(C)C(=O)O)cs1)C(C)C. The zero-order valence-corrected chi connectivity index (χ0v) is 30.3. The van der Waals surface area contributed by atoms with E-state index in [1.54, 1.807) is 33.1 Å². The molecule has 13 heteroatoms. The van der Waals surface area contributed by atoms with Gasteiger partial charge in [-0.05, 0) is 51.0 Å². The van der Waals surface area contributed by atoms with Crippen molar-refractivity contribution in [3.8, 4) is 0 Å². The van der Waals surface area contributed by atoms with E-state index in [0.29, 0.717) is 17.8 Å². The lowest BCUT2D eigenvalue weighted by atomic mass is 9.94. The van der Waals surface area contributed by atoms with Crippen molar-refractivity contribution >= 4 is 41.2 Å². The summed E-state index contributed by atoms with van der Waals surface area (Å²) in [6.07, 6.45) is -0.105. The Balaban J connectivity index is 2.26. The molecule has 6 unspecified atom stereocenters. The molecule has 266 valence electrons. The van der Waals surface area contributed by atoms with Gasteiger partial charge in [-0.25, -0.2) is 9.78 Å². The van der Waals surface area contributed by atoms with Crippen LogP contribution in [0.15, 0.2) is 35.7 Å². The van der Waals surface area contributed by atoms with Crippen molar-refractivity contribution in [2.24, 2.45) is 17.8 Å². The van der Waals surface area contributed by atoms with Gasteiger partial charge in [0.05, 0.1) is 5.92 Å². The lowest BCUT2D eigenvalue weighted by Crippen LogP contribution is -2.54. The second kappa shape index (κ2) is 18.5. The van der Waals surface area contributed by atoms with Gasteiger partial charge in [0, 0.05) is 30.8 Å². The highest BCUT2D eigenvalue weighted by atomic mass is 32.1. The molecule has 2 rings (SSSR count). The number of hydrogen-bond acceptors (Lipinski definition) is 9. The third-order valence-corrected chi connectivity index (χ3v) is 8.76. The molecule has 0 saturated carbocycles. The number of amides is 3. The van der Waals surface area contributed by atoms with Gasteiger partial charge in [-0.2, -0.15) is 0 Å². The number of esters is 1. The van der Waals surface area contributed by atoms with E-state index in [2.05, 4.69) is 20.9 Å². The van der Waals surface area contributed by atoms with Crippen molar-refractivity contribution in [3.05, 3.63) is 52.0 Å². The Morgan fingerprint density at radius 1 is 0.958 bits per heavy atom. The van der Waals surface area contributed by atoms with Crippen LogP contribution in [0.4, 0.5) is 4.79 Å². The summed E-state index contributed by atoms with van der Waals surface area (Å²) >= 11 is 1.15. The molecular formula is C35H52N4O8S. The summed E-state index contributed by atoms with van der Waals surface area (Å²) in [4.78, 5) is 67.7. The molecular weight excluding hydrogens is 636 g/mol. The van der Waals surface area contributed by atoms with Gasteiger partial charge < -0.3 is 30.5 Å². The Morgan fingerprint density at radius 2 is 1.60 bits per heavy atom. The first-order valence-electron chi connectivity index (χ1n) is 16.4. The maximum atomic E-state index is 13.6. The van der Waals surface area contributed by atoms with Crippen LogP contribution in [0.3, 0.4) is 0 Å². The first-order valence-corrected chi connectivity index (χ1v) is 17.3. The molecule has 12 nitrogen and oxygen atoms in total. The second-order valence-corrected chi connectivity index (χ2v) is 14.5. The van der Waals surface area contributed by atoms with Gasteiger partial charge in [-0.3, -0.25) is 19.2 Å². The highest BCUT2D eigenvalue weighted by molar-refractivity contribution is 7.09. The number of nitrogens with zero attached hydrogens (tertiary/aromatic N) is 1. The van der Waals surface area contributed by atoms with Crippen molar-refractivity contribution in [3.63, 3.8) is 0 Å². The summed E-state index contributed by atoms with van der Waals surface area (Å²) in [6.45, 7) is 15.7. The minimum Gasteiger partial charge on any atom is -0.481 e. The molecule has 0 aliphatic carbocycles. The molecule has 1 heterocycles. The number of alkyl carbamates (subject to hydrolysis) is 1. The number of rotatable bonds is 17. The lowest BCUT2D eigenvalue weighted by molar-refractivity contribution is -0.147. The first-order chi connectivity index (χ1) is 22.4. The van der Waals surface area contributed by atoms with Crippen LogP contribution in [0.5, 0.6) is 0 Å². The summed E-state index contributed by atoms with van der Waals surface area (Å²) in [5, 5.41) is 20.1. The molecule has 0 spiro atoms. The number of carbonyl (C=O) groups excluding carboxylic acids is 4. The average molecular weight is 689 g/mol. The summed E-state index contributed by atoms with van der Waals surface area (Å²) in [7, 11) is 0. The summed E-state index contributed by atoms with van der Waals surface area (Å²) in [5.41, 5.74) is 0.325. The van der Waals surface area contributed by atoms with Gasteiger partial charge >= 0.3 is 18.0 Å². The smallest absolute Gasteiger partial charge is 0.408 e. The predicted molar refractivity (Wildman–Crippen MR) is 183 cm³/mol. The van der Waals surface area contributed by atoms with Crippen LogP contribution in [0.25, 0.3) is 0 Å². The van der Waals surface area contributed by atoms with Crippen molar-refractivity contribution in [2.75, 3.05) is 0 Å². The maximum Gasteiger partial charge on any atom is 0.408 e. The number of aromatic nitrogens is 1. The Hall–Kier alpha value is -4.00. The molecule has 3 amide bonds. The van der Waals surface area contributed by atoms with Gasteiger partial charge in [0.25, 0.3) is 5.91 Å². The van der Waals surface area contributed by atoms with Crippen LogP contribution < -0.4 is 16.0 Å². The van der Waals surface area contributed by atoms with Crippen molar-refractivity contribution < 1.29 is 38.6 Å². The largest absolute Gasteiger partial charge is 0.481 e. The number of nitrogens with one attached hydrogen (secondary N) is 3. The van der Waals surface area contributed by atoms with Gasteiger partial charge in [0.2, 0.25) is 5.91 Å². The minimum atomic E-state index is -0.953. The van der Waals surface area contributed by atoms with E-state index in [1.807, 2.05) is 58.0 Å². The Bertz CT molecular complexity index is 1370. The van der Waals surface area contributed by atoms with E-state index in [1.165, 1.54) is 6.92 Å². The number of ether oxygens (including phenoxy) is 2. The van der Waals surface area contributed by atoms with Crippen LogP contribution in [0, 0.1) is 17.8 Å². The predicted octanol–water partition coefficient (Wildman–Crippen LogP) is 5.67. The Morgan fingerprint density at radius 3 is 2.15 bits per heavy atom. The monoisotopic (exact) mass is 688 g/mol. The molecule has 1 aromatic carbocycles. The number of carboxylic acid groups (broad SMARTS) is 1. The number of aliphatic carboxylic acids is 1. The Kier molecular flexibility index (Phi) is 15.5. The molecule has 1 aromatic heterocycles. The maximum absolute atomic E-state index is 13.6. The summed E-state index contributed by atoms with van der Waals surface area (Å²) < 4.78 is 11.0. The molecule has 0 bridgehead atoms. The van der Waals surface area contributed by atoms with Gasteiger partial charge in [-0.15, -0.1) is 11.3 Å². The number of benzene rings is 1. The highest BCUT2D eigenvalue weighted by Crippen LogP contribution is 2.29. The first kappa shape index (κ1) is 40.2. The van der Waals surface area contributed by atoms with Gasteiger partial charge in [-0.1, -0.05) is 71.4 Å². The lowest BCUT2D eigenvalue weighted by Gasteiger charge is -2.30. The summed E-state index contributed by atoms with van der Waals surface area (Å²) in [6, 6.07) is 7.67. The fourth-order valence-electron chi connectivity index (χ4n) is 4.96. The van der Waals surface area contributed by atoms with Crippen molar-refractivity contribution in [2.45, 2.75) is 118 Å². The molecule has 4 N–H and O–H groups in total. The van der Waals surface area contributed by atoms with Crippen LogP contribution in [-0.2, 0) is 30.3 Å². The van der Waals surface area contributed by atoms with E-state index >= 15 is 0 Å². The fourth-order valence-corrected chi connectivity index (χ4v) is 5.79. The molecule has 48 heavy (non-hydrogen) atoms. The van der Waals surface area contributed by atoms with E-state index in [-0.39, 0.29) is 30.4 Å². The molecule has 0 radical (unpaired) electrons. The standard InChI is InChI=1S/C35H52N4O8S/c1-10-21(4)29(39-34(45)47-35(7,8)9)31(42)37-26(20(2)3)18-28(46-23(6)40)32-38-27(19-48-32)30(41)36-25(16-22(5)33(43)44)17-24-14-12-11-13-15-24/h11-15,19-22,25-26,28-29H,10,16-18H2,1-9H3,(H,36,41)(H,37,42)(H,39,45)(H,43,44). The van der Waals surface area contributed by atoms with E-state index < -0.39 is 65.6 Å². The van der Waals surface area contributed by atoms with Crippen LogP contribution >= 0.6 is 11.3 Å². The molecule has 0 fully saturated rings. The normalized spacial score (nSPS) is 15.3. The third kappa shape index (κ3) is 13.6. The van der Waals surface area contributed by atoms with E-state index in [9.17, 15) is 29.1 Å². The average Bonchev–Trinajstić information content (AvgIpc) is 3.48. The quantitative estimate of drug-likeness (QED) is 0.153. The second-order valence-electron chi connectivity index (χ2n) is 13.6. The van der Waals surface area contributed by atoms with Crippen molar-refractivity contribution in [1.82, 2.24) is 20.9 Å². The van der Waals surface area contributed by atoms with Gasteiger partial charge in [0.1, 0.15) is 22.3 Å². The van der Waals surface area contributed by atoms with Crippen LogP contribution in [0.1, 0.15) is 109 Å². The number of thiazole rings is 1. The minimum absolute atomic E-state index is 0.0937. The highest BCUT2D eigenvalue weighted by Gasteiger charge is 2.33. The van der Waals surface area contributed by atoms with Crippen molar-refractivity contribution in [1.29, 1.82) is 0 Å². The Labute approximate surface area is 287 Å². The van der Waals surface area contributed by atoms with E-state index in [4.69, 9.17) is 9.47 Å². The molecule has 0 aliphatic rings. The number of carbonyl (C=O) groups is 5. The third-order valence-electron chi connectivity index (χ3n) is 7.83. The zero-order valence-electron chi connectivity index (χ0n) is 29.5. The molecule has 2 aromatic rings. The zero-order chi connectivity index (χ0) is 36.2. The number of carboxylic acids is 1. The van der Waals surface area contributed by atoms with Crippen LogP contribution in [0.2, 0.25) is 0 Å². The van der Waals surface area contributed by atoms with Crippen LogP contribution in [-0.4, -0.2) is 63.7 Å². The molecule has 0 saturated heterocycles. The van der Waals surface area contributed by atoms with E-state index in [0.717, 1.165) is 16.9 Å². The topological polar surface area (TPSA) is 173 Å². The molecule has 0 aliphatic heterocycles. The molecule has 6 atom stereocenters. The van der Waals surface area contributed by atoms with Gasteiger partial charge in [0.15, 0.2) is 6.10 Å². The summed E-state index contributed by atoms with van der Waals surface area (Å²) in [5.74, 6) is -3.34.